The third kappa shape index (κ3) is 4.57. The van der Waals surface area contributed by atoms with Gasteiger partial charge in [0, 0.05) is 22.4 Å². The Morgan fingerprint density at radius 3 is 1.65 bits per heavy atom. The van der Waals surface area contributed by atoms with Gasteiger partial charge in [-0.2, -0.15) is 0 Å². The molecule has 1 aromatic heterocycles. The van der Waals surface area contributed by atoms with Crippen LogP contribution in [0.4, 0.5) is 0 Å². The maximum absolute atomic E-state index is 2.53. The van der Waals surface area contributed by atoms with E-state index in [0.29, 0.717) is 0 Å². The molecule has 9 aromatic carbocycles. The molecule has 0 aliphatic heterocycles. The highest BCUT2D eigenvalue weighted by molar-refractivity contribution is 6.13. The average molecular weight is 724 g/mol. The number of benzene rings is 9. The molecule has 2 aliphatic carbocycles. The molecule has 10 aromatic rings. The predicted octanol–water partition coefficient (Wildman–Crippen LogP) is 14.0. The van der Waals surface area contributed by atoms with E-state index in [1.807, 2.05) is 0 Å². The van der Waals surface area contributed by atoms with Gasteiger partial charge >= 0.3 is 0 Å². The van der Waals surface area contributed by atoms with E-state index in [2.05, 4.69) is 223 Å². The molecule has 0 saturated heterocycles. The Hall–Kier alpha value is -7.22. The lowest BCUT2D eigenvalue weighted by Gasteiger charge is -2.34. The molecule has 0 radical (unpaired) electrons. The summed E-state index contributed by atoms with van der Waals surface area (Å²) in [4.78, 5) is 0. The number of aromatic nitrogens is 1. The van der Waals surface area contributed by atoms with Gasteiger partial charge in [0.25, 0.3) is 0 Å². The van der Waals surface area contributed by atoms with Crippen LogP contribution in [-0.4, -0.2) is 4.57 Å². The molecule has 0 bridgehead atoms. The van der Waals surface area contributed by atoms with Gasteiger partial charge in [0.15, 0.2) is 0 Å². The third-order valence-electron chi connectivity index (χ3n) is 12.8. The minimum absolute atomic E-state index is 0.235. The van der Waals surface area contributed by atoms with Crippen LogP contribution in [0.3, 0.4) is 0 Å². The summed E-state index contributed by atoms with van der Waals surface area (Å²) in [5, 5.41) is 2.51. The second kappa shape index (κ2) is 12.4. The molecule has 1 heterocycles. The zero-order valence-corrected chi connectivity index (χ0v) is 31.3. The number of hydrogen-bond donors (Lipinski definition) is 0. The normalized spacial score (nSPS) is 14.6. The molecular formula is C56H37N. The van der Waals surface area contributed by atoms with Gasteiger partial charge in [-0.15, -0.1) is 0 Å². The summed E-state index contributed by atoms with van der Waals surface area (Å²) in [6, 6.07) is 81.3. The largest absolute Gasteiger partial charge is 0.309 e. The summed E-state index contributed by atoms with van der Waals surface area (Å²) in [5.74, 6) is 0.235. The van der Waals surface area contributed by atoms with Gasteiger partial charge in [-0.3, -0.25) is 0 Å². The Kier molecular flexibility index (Phi) is 6.97. The molecule has 12 rings (SSSR count). The van der Waals surface area contributed by atoms with E-state index in [1.165, 1.54) is 94.1 Å². The lowest BCUT2D eigenvalue weighted by atomic mass is 9.67. The second-order valence-electron chi connectivity index (χ2n) is 15.6. The van der Waals surface area contributed by atoms with Crippen molar-refractivity contribution < 1.29 is 0 Å². The van der Waals surface area contributed by atoms with E-state index in [-0.39, 0.29) is 5.92 Å². The maximum Gasteiger partial charge on any atom is 0.0713 e. The quantitative estimate of drug-likeness (QED) is 0.167. The smallest absolute Gasteiger partial charge is 0.0713 e. The van der Waals surface area contributed by atoms with Gasteiger partial charge in [-0.1, -0.05) is 176 Å². The zero-order chi connectivity index (χ0) is 37.5. The Morgan fingerprint density at radius 1 is 0.351 bits per heavy atom. The molecule has 1 heteroatoms. The molecule has 57 heavy (non-hydrogen) atoms. The Bertz CT molecular complexity index is 3120. The van der Waals surface area contributed by atoms with Gasteiger partial charge in [-0.05, 0) is 115 Å². The minimum Gasteiger partial charge on any atom is -0.309 e. The lowest BCUT2D eigenvalue weighted by Crippen LogP contribution is -2.28. The second-order valence-corrected chi connectivity index (χ2v) is 15.6. The van der Waals surface area contributed by atoms with E-state index >= 15 is 0 Å². The van der Waals surface area contributed by atoms with Crippen molar-refractivity contribution in [2.24, 2.45) is 0 Å². The van der Waals surface area contributed by atoms with Crippen LogP contribution in [0.25, 0.3) is 60.9 Å². The van der Waals surface area contributed by atoms with E-state index in [0.717, 1.165) is 5.69 Å². The Balaban J connectivity index is 1.12. The number of rotatable bonds is 5. The average Bonchev–Trinajstić information content (AvgIpc) is 3.90. The maximum atomic E-state index is 2.53. The molecule has 1 nitrogen and oxygen atoms in total. The molecule has 0 fully saturated rings. The molecule has 1 atom stereocenters. The van der Waals surface area contributed by atoms with Crippen LogP contribution in [0.2, 0.25) is 0 Å². The number of hydrogen-bond acceptors (Lipinski definition) is 0. The van der Waals surface area contributed by atoms with Crippen molar-refractivity contribution in [3.63, 3.8) is 0 Å². The number of fused-ring (bicyclic) bond motifs is 9. The summed E-state index contributed by atoms with van der Waals surface area (Å²) in [7, 11) is 0. The Labute approximate surface area is 332 Å². The summed E-state index contributed by atoms with van der Waals surface area (Å²) in [6.07, 6.45) is 0. The molecular weight excluding hydrogens is 687 g/mol. The molecule has 266 valence electrons. The molecule has 0 saturated carbocycles. The molecule has 0 spiro atoms. The highest BCUT2D eigenvalue weighted by Gasteiger charge is 2.46. The van der Waals surface area contributed by atoms with Crippen LogP contribution < -0.4 is 0 Å². The van der Waals surface area contributed by atoms with E-state index in [1.54, 1.807) is 0 Å². The predicted molar refractivity (Wildman–Crippen MR) is 236 cm³/mol. The number of nitrogens with zero attached hydrogens (tertiary/aromatic N) is 1. The lowest BCUT2D eigenvalue weighted by molar-refractivity contribution is 0.769. The SMILES string of the molecule is c1ccc(C2c3ccccc3-c3cc(-c4ccc5c(c4)c4cc6c(cc4n5-c4ccccc4)-c4ccccc4C6(c4ccccc4)c4ccccc4)ccc32)cc1. The zero-order valence-electron chi connectivity index (χ0n) is 31.3. The van der Waals surface area contributed by atoms with Crippen molar-refractivity contribution in [3.05, 3.63) is 257 Å². The standard InChI is InChI=1S/C56H37N/c1-5-17-37(18-6-1)55-45-27-14-13-25-43(45)47-33-38(29-31-46(47)55)39-30-32-53-49(34-39)50-35-52-48(36-54(50)57(53)42-23-11-4-12-24-42)44-26-15-16-28-51(44)56(52,40-19-7-2-8-20-40)41-21-9-3-10-22-41/h1-36,55H. The van der Waals surface area contributed by atoms with Crippen LogP contribution in [0, 0.1) is 0 Å². The number of para-hydroxylation sites is 1. The molecule has 1 unspecified atom stereocenters. The van der Waals surface area contributed by atoms with E-state index < -0.39 is 5.41 Å². The summed E-state index contributed by atoms with van der Waals surface area (Å²) >= 11 is 0. The first-order valence-electron chi connectivity index (χ1n) is 20.0. The fourth-order valence-electron chi connectivity index (χ4n) is 10.4. The molecule has 0 amide bonds. The summed E-state index contributed by atoms with van der Waals surface area (Å²) < 4.78 is 2.46. The Morgan fingerprint density at radius 2 is 0.912 bits per heavy atom. The van der Waals surface area contributed by atoms with Crippen molar-refractivity contribution >= 4 is 21.8 Å². The topological polar surface area (TPSA) is 4.93 Å². The highest BCUT2D eigenvalue weighted by atomic mass is 15.0. The van der Waals surface area contributed by atoms with Crippen molar-refractivity contribution in [2.75, 3.05) is 0 Å². The third-order valence-corrected chi connectivity index (χ3v) is 12.8. The van der Waals surface area contributed by atoms with Crippen molar-refractivity contribution in [1.82, 2.24) is 4.57 Å². The van der Waals surface area contributed by atoms with Gasteiger partial charge in [0.05, 0.1) is 16.4 Å². The first kappa shape index (κ1) is 32.1. The van der Waals surface area contributed by atoms with Crippen LogP contribution in [-0.2, 0) is 5.41 Å². The molecule has 2 aliphatic rings. The fourth-order valence-corrected chi connectivity index (χ4v) is 10.4. The molecule has 0 N–H and O–H groups in total. The van der Waals surface area contributed by atoms with Crippen LogP contribution >= 0.6 is 0 Å². The van der Waals surface area contributed by atoms with Gasteiger partial charge in [0.1, 0.15) is 0 Å². The van der Waals surface area contributed by atoms with Crippen molar-refractivity contribution in [2.45, 2.75) is 11.3 Å². The van der Waals surface area contributed by atoms with E-state index in [4.69, 9.17) is 0 Å². The summed E-state index contributed by atoms with van der Waals surface area (Å²) in [6.45, 7) is 0. The van der Waals surface area contributed by atoms with Gasteiger partial charge in [-0.25, -0.2) is 0 Å². The van der Waals surface area contributed by atoms with Gasteiger partial charge < -0.3 is 4.57 Å². The van der Waals surface area contributed by atoms with E-state index in [9.17, 15) is 0 Å². The van der Waals surface area contributed by atoms with Gasteiger partial charge in [0.2, 0.25) is 0 Å². The highest BCUT2D eigenvalue weighted by Crippen LogP contribution is 2.57. The first-order chi connectivity index (χ1) is 28.3. The summed E-state index contributed by atoms with van der Waals surface area (Å²) in [5.41, 5.74) is 20.1. The first-order valence-corrected chi connectivity index (χ1v) is 20.0. The fraction of sp³-hybridized carbons (Fsp3) is 0.0357. The van der Waals surface area contributed by atoms with Crippen molar-refractivity contribution in [1.29, 1.82) is 0 Å². The minimum atomic E-state index is -0.468. The van der Waals surface area contributed by atoms with Crippen LogP contribution in [0.1, 0.15) is 44.9 Å². The monoisotopic (exact) mass is 723 g/mol. The van der Waals surface area contributed by atoms with Crippen LogP contribution in [0.5, 0.6) is 0 Å². The van der Waals surface area contributed by atoms with Crippen molar-refractivity contribution in [3.8, 4) is 39.1 Å². The van der Waals surface area contributed by atoms with Crippen LogP contribution in [0.15, 0.2) is 218 Å².